The van der Waals surface area contributed by atoms with E-state index >= 15 is 0 Å². The molecule has 1 rings (SSSR count). The fraction of sp³-hybridized carbons (Fsp3) is 0.833. The Morgan fingerprint density at radius 1 is 1.38 bits per heavy atom. The molecule has 4 N–H and O–H groups in total. The van der Waals surface area contributed by atoms with Crippen molar-refractivity contribution in [3.8, 4) is 0 Å². The average molecular weight is 113 g/mol. The molecule has 1 fully saturated rings. The molecule has 1 saturated carbocycles. The van der Waals surface area contributed by atoms with Crippen molar-refractivity contribution in [2.75, 3.05) is 0 Å². The summed E-state index contributed by atoms with van der Waals surface area (Å²) in [6, 6.07) is 1.19. The average Bonchev–Trinajstić information content (AvgIpc) is 1.77. The van der Waals surface area contributed by atoms with E-state index in [0.29, 0.717) is 0 Å². The molecule has 0 aromatic rings. The van der Waals surface area contributed by atoms with Crippen molar-refractivity contribution in [1.29, 1.82) is 0 Å². The number of nitrogens with two attached hydrogens (primary N) is 2. The fourth-order valence-electron chi connectivity index (χ4n) is 1.06. The zero-order valence-electron chi connectivity index (χ0n) is 5.06. The smallest absolute Gasteiger partial charge is 0.0505 e. The molecule has 0 aromatic heterocycles. The van der Waals surface area contributed by atoms with Gasteiger partial charge in [-0.15, -0.1) is 0 Å². The predicted molar refractivity (Wildman–Crippen MR) is 33.9 cm³/mol. The molecule has 1 atom stereocenters. The van der Waals surface area contributed by atoms with Crippen LogP contribution in [0.25, 0.3) is 0 Å². The van der Waals surface area contributed by atoms with Crippen molar-refractivity contribution >= 4 is 0 Å². The monoisotopic (exact) mass is 113 g/mol. The van der Waals surface area contributed by atoms with Gasteiger partial charge >= 0.3 is 0 Å². The maximum Gasteiger partial charge on any atom is 0.0505 e. The topological polar surface area (TPSA) is 52.0 Å². The summed E-state index contributed by atoms with van der Waals surface area (Å²) in [4.78, 5) is 0. The maximum absolute atomic E-state index is 5.62. The van der Waals surface area contributed by atoms with Crippen LogP contribution < -0.4 is 11.5 Å². The second-order valence-corrected chi connectivity index (χ2v) is 2.43. The van der Waals surface area contributed by atoms with Crippen LogP contribution in [-0.4, -0.2) is 6.04 Å². The minimum Gasteiger partial charge on any atom is -0.326 e. The zero-order valence-corrected chi connectivity index (χ0v) is 5.06. The highest BCUT2D eigenvalue weighted by atomic mass is 14.8. The zero-order chi connectivity index (χ0) is 5.98. The van der Waals surface area contributed by atoms with Gasteiger partial charge in [-0.1, -0.05) is 12.8 Å². The Morgan fingerprint density at radius 3 is 2.50 bits per heavy atom. The lowest BCUT2D eigenvalue weighted by atomic mass is 9.92. The van der Waals surface area contributed by atoms with Crippen LogP contribution in [0.2, 0.25) is 0 Å². The van der Waals surface area contributed by atoms with Gasteiger partial charge in [-0.25, -0.2) is 0 Å². The first-order valence-electron chi connectivity index (χ1n) is 3.17. The van der Waals surface area contributed by atoms with Gasteiger partial charge in [0.1, 0.15) is 0 Å². The molecule has 0 spiro atoms. The molecule has 0 amide bonds. The van der Waals surface area contributed by atoms with Gasteiger partial charge in [0.05, 0.1) is 6.04 Å². The third-order valence-corrected chi connectivity index (χ3v) is 1.71. The van der Waals surface area contributed by atoms with Crippen LogP contribution in [0.1, 0.15) is 25.7 Å². The van der Waals surface area contributed by atoms with Gasteiger partial charge in [-0.3, -0.25) is 0 Å². The molecule has 1 aliphatic rings. The standard InChI is InChI=1S/C6H13N2/c7-5-3-1-2-4-6(5)8/h5H,1-4,7-8H2/t5-/m1/s1. The van der Waals surface area contributed by atoms with E-state index < -0.39 is 0 Å². The molecule has 0 heterocycles. The van der Waals surface area contributed by atoms with Crippen molar-refractivity contribution in [3.63, 3.8) is 0 Å². The predicted octanol–water partition coefficient (Wildman–Crippen LogP) is 0.378. The molecule has 0 unspecified atom stereocenters. The molecule has 0 aromatic carbocycles. The van der Waals surface area contributed by atoms with E-state index in [4.69, 9.17) is 11.5 Å². The van der Waals surface area contributed by atoms with E-state index in [0.717, 1.165) is 18.9 Å². The van der Waals surface area contributed by atoms with Gasteiger partial charge in [0.25, 0.3) is 0 Å². The summed E-state index contributed by atoms with van der Waals surface area (Å²) in [5, 5.41) is 0. The highest BCUT2D eigenvalue weighted by Gasteiger charge is 2.17. The SMILES string of the molecule is N[C]1CCCC[C@H]1N. The highest BCUT2D eigenvalue weighted by molar-refractivity contribution is 4.96. The normalized spacial score (nSPS) is 33.0. The summed E-state index contributed by atoms with van der Waals surface area (Å²) in [6.45, 7) is 0. The minimum atomic E-state index is 0.198. The fourth-order valence-corrected chi connectivity index (χ4v) is 1.06. The first-order chi connectivity index (χ1) is 3.80. The van der Waals surface area contributed by atoms with Gasteiger partial charge in [-0.05, 0) is 12.8 Å². The molecule has 1 aliphatic carbocycles. The van der Waals surface area contributed by atoms with Crippen molar-refractivity contribution in [2.24, 2.45) is 11.5 Å². The van der Waals surface area contributed by atoms with Crippen molar-refractivity contribution in [3.05, 3.63) is 6.04 Å². The molecular weight excluding hydrogens is 100 g/mol. The van der Waals surface area contributed by atoms with Crippen molar-refractivity contribution in [1.82, 2.24) is 0 Å². The molecule has 1 radical (unpaired) electrons. The highest BCUT2D eigenvalue weighted by Crippen LogP contribution is 2.19. The lowest BCUT2D eigenvalue weighted by molar-refractivity contribution is 0.469. The summed E-state index contributed by atoms with van der Waals surface area (Å²) in [5.41, 5.74) is 11.2. The van der Waals surface area contributed by atoms with E-state index in [2.05, 4.69) is 0 Å². The molecule has 0 aliphatic heterocycles. The molecular formula is C6H13N2. The second-order valence-electron chi connectivity index (χ2n) is 2.43. The Bertz CT molecular complexity index is 62.9. The van der Waals surface area contributed by atoms with E-state index in [1.54, 1.807) is 0 Å². The van der Waals surface area contributed by atoms with Crippen LogP contribution in [0, 0.1) is 6.04 Å². The maximum atomic E-state index is 5.62. The lowest BCUT2D eigenvalue weighted by Crippen LogP contribution is -2.36. The van der Waals surface area contributed by atoms with Gasteiger partial charge < -0.3 is 11.5 Å². The summed E-state index contributed by atoms with van der Waals surface area (Å²) in [6.07, 6.45) is 4.62. The molecule has 8 heavy (non-hydrogen) atoms. The Labute approximate surface area is 50.2 Å². The van der Waals surface area contributed by atoms with Crippen LogP contribution in [0.5, 0.6) is 0 Å². The minimum absolute atomic E-state index is 0.198. The number of rotatable bonds is 0. The van der Waals surface area contributed by atoms with Crippen molar-refractivity contribution in [2.45, 2.75) is 31.7 Å². The van der Waals surface area contributed by atoms with Crippen LogP contribution in [0.15, 0.2) is 0 Å². The summed E-state index contributed by atoms with van der Waals surface area (Å²) in [7, 11) is 0. The van der Waals surface area contributed by atoms with Gasteiger partial charge in [0, 0.05) is 6.04 Å². The van der Waals surface area contributed by atoms with E-state index in [9.17, 15) is 0 Å². The summed E-state index contributed by atoms with van der Waals surface area (Å²) < 4.78 is 0. The van der Waals surface area contributed by atoms with Crippen LogP contribution >= 0.6 is 0 Å². The quantitative estimate of drug-likeness (QED) is 0.477. The Morgan fingerprint density at radius 2 is 2.12 bits per heavy atom. The molecule has 2 nitrogen and oxygen atoms in total. The van der Waals surface area contributed by atoms with Gasteiger partial charge in [-0.2, -0.15) is 0 Å². The second kappa shape index (κ2) is 2.46. The van der Waals surface area contributed by atoms with Crippen LogP contribution in [0.4, 0.5) is 0 Å². The van der Waals surface area contributed by atoms with Gasteiger partial charge in [0.15, 0.2) is 0 Å². The lowest BCUT2D eigenvalue weighted by Gasteiger charge is -2.23. The Balaban J connectivity index is 2.28. The largest absolute Gasteiger partial charge is 0.326 e. The first-order valence-corrected chi connectivity index (χ1v) is 3.17. The third-order valence-electron chi connectivity index (χ3n) is 1.71. The van der Waals surface area contributed by atoms with E-state index in [1.807, 2.05) is 0 Å². The molecule has 2 heteroatoms. The molecule has 0 saturated heterocycles. The molecule has 47 valence electrons. The first kappa shape index (κ1) is 6.05. The van der Waals surface area contributed by atoms with Crippen LogP contribution in [0.3, 0.4) is 0 Å². The number of hydrogen-bond acceptors (Lipinski definition) is 2. The number of hydrogen-bond donors (Lipinski definition) is 2. The Kier molecular flexibility index (Phi) is 1.86. The molecule has 0 bridgehead atoms. The van der Waals surface area contributed by atoms with Gasteiger partial charge in [0.2, 0.25) is 0 Å². The Hall–Kier alpha value is -0.0800. The van der Waals surface area contributed by atoms with Crippen molar-refractivity contribution < 1.29 is 0 Å². The van der Waals surface area contributed by atoms with E-state index in [-0.39, 0.29) is 6.04 Å². The van der Waals surface area contributed by atoms with E-state index in [1.165, 1.54) is 12.8 Å². The summed E-state index contributed by atoms with van der Waals surface area (Å²) >= 11 is 0. The third kappa shape index (κ3) is 1.20. The van der Waals surface area contributed by atoms with Crippen LogP contribution in [-0.2, 0) is 0 Å². The summed E-state index contributed by atoms with van der Waals surface area (Å²) in [5.74, 6) is 0.